The Bertz CT molecular complexity index is 294. The zero-order valence-corrected chi connectivity index (χ0v) is 13.0. The Labute approximate surface area is 117 Å². The van der Waals surface area contributed by atoms with E-state index in [4.69, 9.17) is 9.47 Å². The van der Waals surface area contributed by atoms with Gasteiger partial charge in [-0.2, -0.15) is 0 Å². The Balaban J connectivity index is 2.42. The van der Waals surface area contributed by atoms with Gasteiger partial charge in [0.25, 0.3) is 0 Å². The third-order valence-corrected chi connectivity index (χ3v) is 3.18. The molecule has 4 nitrogen and oxygen atoms in total. The monoisotopic (exact) mass is 271 g/mol. The van der Waals surface area contributed by atoms with E-state index in [0.717, 1.165) is 25.7 Å². The summed E-state index contributed by atoms with van der Waals surface area (Å²) in [5.41, 5.74) is -0.692. The molecular formula is C15H29NO3. The molecule has 0 aliphatic heterocycles. The van der Waals surface area contributed by atoms with Gasteiger partial charge in [-0.1, -0.05) is 0 Å². The molecule has 1 rings (SSSR count). The van der Waals surface area contributed by atoms with E-state index in [1.807, 2.05) is 34.6 Å². The minimum Gasteiger partial charge on any atom is -0.465 e. The summed E-state index contributed by atoms with van der Waals surface area (Å²) in [4.78, 5) is 12.1. The number of esters is 1. The second-order valence-electron chi connectivity index (χ2n) is 6.54. The van der Waals surface area contributed by atoms with Crippen LogP contribution < -0.4 is 5.32 Å². The highest BCUT2D eigenvalue weighted by molar-refractivity contribution is 5.80. The van der Waals surface area contributed by atoms with Crippen molar-refractivity contribution < 1.29 is 14.3 Å². The molecule has 1 N–H and O–H groups in total. The molecule has 0 heterocycles. The summed E-state index contributed by atoms with van der Waals surface area (Å²) >= 11 is 0. The fourth-order valence-corrected chi connectivity index (χ4v) is 2.01. The minimum atomic E-state index is -0.571. The van der Waals surface area contributed by atoms with Crippen LogP contribution in [0, 0.1) is 0 Å². The molecule has 19 heavy (non-hydrogen) atoms. The molecule has 1 fully saturated rings. The van der Waals surface area contributed by atoms with Gasteiger partial charge in [-0.3, -0.25) is 10.1 Å². The molecule has 0 aromatic carbocycles. The van der Waals surface area contributed by atoms with Crippen LogP contribution in [-0.2, 0) is 14.3 Å². The van der Waals surface area contributed by atoms with Gasteiger partial charge in [0, 0.05) is 12.6 Å². The first-order valence-corrected chi connectivity index (χ1v) is 7.36. The molecule has 0 amide bonds. The molecule has 1 unspecified atom stereocenters. The van der Waals surface area contributed by atoms with Crippen LogP contribution in [-0.4, -0.2) is 36.4 Å². The van der Waals surface area contributed by atoms with Gasteiger partial charge in [-0.05, 0) is 60.3 Å². The Morgan fingerprint density at radius 1 is 1.26 bits per heavy atom. The van der Waals surface area contributed by atoms with Crippen molar-refractivity contribution in [1.82, 2.24) is 5.32 Å². The lowest BCUT2D eigenvalue weighted by atomic mass is 9.95. The van der Waals surface area contributed by atoms with Crippen molar-refractivity contribution in [2.45, 2.75) is 77.5 Å². The maximum Gasteiger partial charge on any atom is 0.326 e. The van der Waals surface area contributed by atoms with E-state index in [1.165, 1.54) is 0 Å². The van der Waals surface area contributed by atoms with Crippen molar-refractivity contribution in [3.8, 4) is 0 Å². The van der Waals surface area contributed by atoms with E-state index in [0.29, 0.717) is 19.3 Å². The van der Waals surface area contributed by atoms with Crippen LogP contribution in [0.25, 0.3) is 0 Å². The molecule has 4 heteroatoms. The lowest BCUT2D eigenvalue weighted by Gasteiger charge is -2.29. The number of hydrogen-bond donors (Lipinski definition) is 1. The summed E-state index contributed by atoms with van der Waals surface area (Å²) in [5, 5.41) is 3.42. The Morgan fingerprint density at radius 2 is 1.89 bits per heavy atom. The molecule has 112 valence electrons. The lowest BCUT2D eigenvalue weighted by Crippen LogP contribution is -2.51. The van der Waals surface area contributed by atoms with Gasteiger partial charge in [0.2, 0.25) is 0 Å². The van der Waals surface area contributed by atoms with Gasteiger partial charge < -0.3 is 9.47 Å². The molecule has 1 aliphatic carbocycles. The molecule has 0 radical (unpaired) electrons. The normalized spacial score (nSPS) is 19.0. The quantitative estimate of drug-likeness (QED) is 0.544. The second kappa shape index (κ2) is 6.71. The van der Waals surface area contributed by atoms with Crippen molar-refractivity contribution >= 4 is 5.97 Å². The van der Waals surface area contributed by atoms with Crippen molar-refractivity contribution in [3.05, 3.63) is 0 Å². The van der Waals surface area contributed by atoms with Gasteiger partial charge in [-0.25, -0.2) is 0 Å². The third-order valence-electron chi connectivity index (χ3n) is 3.18. The molecular weight excluding hydrogens is 242 g/mol. The molecule has 1 saturated carbocycles. The van der Waals surface area contributed by atoms with E-state index in [2.05, 4.69) is 5.32 Å². The van der Waals surface area contributed by atoms with Crippen LogP contribution >= 0.6 is 0 Å². The third kappa shape index (κ3) is 6.39. The van der Waals surface area contributed by atoms with E-state index >= 15 is 0 Å². The first-order valence-electron chi connectivity index (χ1n) is 7.36. The Hall–Kier alpha value is -0.610. The second-order valence-corrected chi connectivity index (χ2v) is 6.54. The number of hydrogen-bond acceptors (Lipinski definition) is 4. The van der Waals surface area contributed by atoms with E-state index in [1.54, 1.807) is 0 Å². The summed E-state index contributed by atoms with van der Waals surface area (Å²) in [6.45, 7) is 11.0. The first-order chi connectivity index (χ1) is 8.77. The fraction of sp³-hybridized carbons (Fsp3) is 0.933. The number of rotatable bonds is 8. The fourth-order valence-electron chi connectivity index (χ4n) is 2.01. The van der Waals surface area contributed by atoms with Crippen LogP contribution in [0.4, 0.5) is 0 Å². The molecule has 1 atom stereocenters. The van der Waals surface area contributed by atoms with Gasteiger partial charge in [-0.15, -0.1) is 0 Å². The van der Waals surface area contributed by atoms with Crippen LogP contribution in [0.15, 0.2) is 0 Å². The topological polar surface area (TPSA) is 47.6 Å². The molecule has 1 aliphatic rings. The molecule has 0 bridgehead atoms. The van der Waals surface area contributed by atoms with E-state index < -0.39 is 5.54 Å². The maximum absolute atomic E-state index is 12.1. The molecule has 0 spiro atoms. The van der Waals surface area contributed by atoms with E-state index in [-0.39, 0.29) is 11.6 Å². The lowest BCUT2D eigenvalue weighted by molar-refractivity contribution is -0.151. The summed E-state index contributed by atoms with van der Waals surface area (Å²) in [7, 11) is 0. The Kier molecular flexibility index (Phi) is 5.81. The highest BCUT2D eigenvalue weighted by Crippen LogP contribution is 2.26. The average Bonchev–Trinajstić information content (AvgIpc) is 3.07. The summed E-state index contributed by atoms with van der Waals surface area (Å²) in [6.07, 6.45) is 3.92. The van der Waals surface area contributed by atoms with Crippen LogP contribution in [0.2, 0.25) is 0 Å². The zero-order valence-electron chi connectivity index (χ0n) is 13.0. The van der Waals surface area contributed by atoms with Gasteiger partial charge in [0.1, 0.15) is 5.54 Å². The van der Waals surface area contributed by atoms with Crippen LogP contribution in [0.1, 0.15) is 60.3 Å². The smallest absolute Gasteiger partial charge is 0.326 e. The maximum atomic E-state index is 12.1. The summed E-state index contributed by atoms with van der Waals surface area (Å²) in [5.74, 6) is -0.141. The molecule has 0 aromatic rings. The van der Waals surface area contributed by atoms with Gasteiger partial charge in [0.05, 0.1) is 12.2 Å². The predicted octanol–water partition coefficient (Wildman–Crippen LogP) is 2.66. The molecule has 0 saturated heterocycles. The largest absolute Gasteiger partial charge is 0.465 e. The zero-order chi connectivity index (χ0) is 14.5. The van der Waals surface area contributed by atoms with Crippen molar-refractivity contribution in [2.24, 2.45) is 0 Å². The minimum absolute atomic E-state index is 0.121. The van der Waals surface area contributed by atoms with E-state index in [9.17, 15) is 4.79 Å². The SMILES string of the molecule is CCOC(=O)C(C)(CCCOC(C)(C)C)NC1CC1. The van der Waals surface area contributed by atoms with Crippen molar-refractivity contribution in [3.63, 3.8) is 0 Å². The number of carbonyl (C=O) groups is 1. The van der Waals surface area contributed by atoms with Crippen LogP contribution in [0.3, 0.4) is 0 Å². The van der Waals surface area contributed by atoms with Crippen molar-refractivity contribution in [2.75, 3.05) is 13.2 Å². The summed E-state index contributed by atoms with van der Waals surface area (Å²) in [6, 6.07) is 0.484. The van der Waals surface area contributed by atoms with Crippen molar-refractivity contribution in [1.29, 1.82) is 0 Å². The van der Waals surface area contributed by atoms with Gasteiger partial charge in [0.15, 0.2) is 0 Å². The first kappa shape index (κ1) is 16.4. The standard InChI is InChI=1S/C15H29NO3/c1-6-18-13(17)15(5,16-12-8-9-12)10-7-11-19-14(2,3)4/h12,16H,6-11H2,1-5H3. The number of ether oxygens (including phenoxy) is 2. The predicted molar refractivity (Wildman–Crippen MR) is 76.1 cm³/mol. The average molecular weight is 271 g/mol. The highest BCUT2D eigenvalue weighted by atomic mass is 16.5. The Morgan fingerprint density at radius 3 is 2.37 bits per heavy atom. The summed E-state index contributed by atoms with van der Waals surface area (Å²) < 4.78 is 10.9. The number of carbonyl (C=O) groups excluding carboxylic acids is 1. The molecule has 0 aromatic heterocycles. The highest BCUT2D eigenvalue weighted by Gasteiger charge is 2.39. The van der Waals surface area contributed by atoms with Crippen LogP contribution in [0.5, 0.6) is 0 Å². The van der Waals surface area contributed by atoms with Gasteiger partial charge >= 0.3 is 5.97 Å². The number of nitrogens with one attached hydrogen (secondary N) is 1.